The zero-order chi connectivity index (χ0) is 11.1. The SMILES string of the molecule is CCCCCCCOc1cc(Br)sc1Br. The van der Waals surface area contributed by atoms with Gasteiger partial charge in [-0.15, -0.1) is 11.3 Å². The Kier molecular flexibility index (Phi) is 6.93. The predicted molar refractivity (Wildman–Crippen MR) is 74.0 cm³/mol. The van der Waals surface area contributed by atoms with E-state index in [0.717, 1.165) is 26.4 Å². The molecule has 0 fully saturated rings. The Bertz CT molecular complexity index is 286. The highest BCUT2D eigenvalue weighted by atomic mass is 79.9. The van der Waals surface area contributed by atoms with Gasteiger partial charge in [-0.1, -0.05) is 32.6 Å². The summed E-state index contributed by atoms with van der Waals surface area (Å²) in [7, 11) is 0. The van der Waals surface area contributed by atoms with Gasteiger partial charge in [-0.25, -0.2) is 0 Å². The van der Waals surface area contributed by atoms with Gasteiger partial charge >= 0.3 is 0 Å². The highest BCUT2D eigenvalue weighted by Gasteiger charge is 2.05. The van der Waals surface area contributed by atoms with Crippen LogP contribution in [-0.4, -0.2) is 6.61 Å². The highest BCUT2D eigenvalue weighted by molar-refractivity contribution is 9.12. The van der Waals surface area contributed by atoms with Crippen molar-refractivity contribution in [2.45, 2.75) is 39.0 Å². The predicted octanol–water partition coefficient (Wildman–Crippen LogP) is 5.62. The zero-order valence-electron chi connectivity index (χ0n) is 8.89. The molecule has 0 saturated heterocycles. The summed E-state index contributed by atoms with van der Waals surface area (Å²) in [6.07, 6.45) is 6.39. The van der Waals surface area contributed by atoms with Crippen LogP contribution in [0.5, 0.6) is 5.75 Å². The molecule has 0 aromatic carbocycles. The first-order valence-electron chi connectivity index (χ1n) is 5.31. The fourth-order valence-corrected chi connectivity index (χ4v) is 3.96. The van der Waals surface area contributed by atoms with Gasteiger partial charge in [-0.3, -0.25) is 0 Å². The number of ether oxygens (including phenoxy) is 1. The first-order valence-corrected chi connectivity index (χ1v) is 7.72. The summed E-state index contributed by atoms with van der Waals surface area (Å²) >= 11 is 8.56. The monoisotopic (exact) mass is 354 g/mol. The lowest BCUT2D eigenvalue weighted by Gasteiger charge is -2.04. The van der Waals surface area contributed by atoms with Crippen molar-refractivity contribution in [1.82, 2.24) is 0 Å². The van der Waals surface area contributed by atoms with Crippen LogP contribution < -0.4 is 4.74 Å². The number of halogens is 2. The van der Waals surface area contributed by atoms with Crippen LogP contribution in [0.1, 0.15) is 39.0 Å². The molecule has 86 valence electrons. The summed E-state index contributed by atoms with van der Waals surface area (Å²) in [6, 6.07) is 2.01. The number of thiophene rings is 1. The Labute approximate surface area is 112 Å². The second kappa shape index (κ2) is 7.69. The summed E-state index contributed by atoms with van der Waals surface area (Å²) in [4.78, 5) is 0. The minimum absolute atomic E-state index is 0.825. The van der Waals surface area contributed by atoms with Crippen molar-refractivity contribution in [3.8, 4) is 5.75 Å². The highest BCUT2D eigenvalue weighted by Crippen LogP contribution is 2.37. The Morgan fingerprint density at radius 2 is 1.93 bits per heavy atom. The second-order valence-electron chi connectivity index (χ2n) is 3.45. The van der Waals surface area contributed by atoms with Crippen LogP contribution in [0, 0.1) is 0 Å². The van der Waals surface area contributed by atoms with E-state index in [0.29, 0.717) is 0 Å². The van der Waals surface area contributed by atoms with E-state index >= 15 is 0 Å². The first-order chi connectivity index (χ1) is 7.24. The lowest BCUT2D eigenvalue weighted by atomic mass is 10.2. The molecule has 0 aliphatic rings. The smallest absolute Gasteiger partial charge is 0.145 e. The maximum absolute atomic E-state index is 5.67. The third-order valence-corrected chi connectivity index (χ3v) is 4.42. The van der Waals surface area contributed by atoms with E-state index < -0.39 is 0 Å². The van der Waals surface area contributed by atoms with Crippen LogP contribution in [0.3, 0.4) is 0 Å². The average molecular weight is 356 g/mol. The van der Waals surface area contributed by atoms with Crippen LogP contribution in [0.25, 0.3) is 0 Å². The molecule has 1 nitrogen and oxygen atoms in total. The third-order valence-electron chi connectivity index (χ3n) is 2.13. The van der Waals surface area contributed by atoms with Crippen molar-refractivity contribution in [3.63, 3.8) is 0 Å². The van der Waals surface area contributed by atoms with E-state index in [4.69, 9.17) is 4.74 Å². The van der Waals surface area contributed by atoms with Crippen molar-refractivity contribution in [2.75, 3.05) is 6.61 Å². The molecule has 1 rings (SSSR count). The molecule has 1 aromatic heterocycles. The Morgan fingerprint density at radius 1 is 1.20 bits per heavy atom. The summed E-state index contributed by atoms with van der Waals surface area (Å²) in [5, 5.41) is 0. The Morgan fingerprint density at radius 3 is 2.53 bits per heavy atom. The topological polar surface area (TPSA) is 9.23 Å². The van der Waals surface area contributed by atoms with Crippen LogP contribution >= 0.6 is 43.2 Å². The van der Waals surface area contributed by atoms with Gasteiger partial charge in [0.15, 0.2) is 0 Å². The fourth-order valence-electron chi connectivity index (χ4n) is 1.31. The van der Waals surface area contributed by atoms with E-state index in [1.54, 1.807) is 11.3 Å². The molecule has 0 aliphatic heterocycles. The largest absolute Gasteiger partial charge is 0.491 e. The van der Waals surface area contributed by atoms with Crippen LogP contribution in [0.15, 0.2) is 13.6 Å². The molecule has 1 aromatic rings. The lowest BCUT2D eigenvalue weighted by molar-refractivity contribution is 0.304. The van der Waals surface area contributed by atoms with Crippen molar-refractivity contribution >= 4 is 43.2 Å². The fraction of sp³-hybridized carbons (Fsp3) is 0.636. The Hall–Kier alpha value is 0.460. The summed E-state index contributed by atoms with van der Waals surface area (Å²) < 4.78 is 7.85. The van der Waals surface area contributed by atoms with Crippen LogP contribution in [0.4, 0.5) is 0 Å². The summed E-state index contributed by atoms with van der Waals surface area (Å²) in [6.45, 7) is 3.06. The zero-order valence-corrected chi connectivity index (χ0v) is 12.9. The summed E-state index contributed by atoms with van der Waals surface area (Å²) in [5.41, 5.74) is 0. The average Bonchev–Trinajstić information content (AvgIpc) is 2.51. The van der Waals surface area contributed by atoms with Gasteiger partial charge in [0.25, 0.3) is 0 Å². The number of unbranched alkanes of at least 4 members (excludes halogenated alkanes) is 4. The molecule has 0 saturated carbocycles. The molecular weight excluding hydrogens is 340 g/mol. The minimum atomic E-state index is 0.825. The molecule has 0 aliphatic carbocycles. The van der Waals surface area contributed by atoms with Gasteiger partial charge in [0.2, 0.25) is 0 Å². The van der Waals surface area contributed by atoms with Crippen molar-refractivity contribution in [1.29, 1.82) is 0 Å². The van der Waals surface area contributed by atoms with E-state index in [2.05, 4.69) is 38.8 Å². The van der Waals surface area contributed by atoms with E-state index in [9.17, 15) is 0 Å². The van der Waals surface area contributed by atoms with E-state index in [1.165, 1.54) is 25.7 Å². The van der Waals surface area contributed by atoms with Crippen molar-refractivity contribution < 1.29 is 4.74 Å². The molecule has 0 unspecified atom stereocenters. The van der Waals surface area contributed by atoms with Gasteiger partial charge in [-0.05, 0) is 38.3 Å². The quantitative estimate of drug-likeness (QED) is 0.576. The van der Waals surface area contributed by atoms with Crippen molar-refractivity contribution in [3.05, 3.63) is 13.6 Å². The van der Waals surface area contributed by atoms with E-state index in [1.807, 2.05) is 6.07 Å². The van der Waals surface area contributed by atoms with Crippen LogP contribution in [-0.2, 0) is 0 Å². The molecule has 0 N–H and O–H groups in total. The molecule has 4 heteroatoms. The lowest BCUT2D eigenvalue weighted by Crippen LogP contribution is -1.96. The Balaban J connectivity index is 2.12. The van der Waals surface area contributed by atoms with E-state index in [-0.39, 0.29) is 0 Å². The summed E-state index contributed by atoms with van der Waals surface area (Å²) in [5.74, 6) is 0.961. The molecule has 0 atom stereocenters. The van der Waals surface area contributed by atoms with Gasteiger partial charge in [0, 0.05) is 6.07 Å². The minimum Gasteiger partial charge on any atom is -0.491 e. The van der Waals surface area contributed by atoms with Gasteiger partial charge in [0.1, 0.15) is 9.54 Å². The second-order valence-corrected chi connectivity index (χ2v) is 7.20. The number of hydrogen-bond acceptors (Lipinski definition) is 2. The molecule has 1 heterocycles. The molecule has 0 amide bonds. The number of hydrogen-bond donors (Lipinski definition) is 0. The maximum atomic E-state index is 5.67. The van der Waals surface area contributed by atoms with Gasteiger partial charge in [0.05, 0.1) is 10.4 Å². The molecule has 0 bridgehead atoms. The maximum Gasteiger partial charge on any atom is 0.145 e. The molecular formula is C11H16Br2OS. The molecule has 0 spiro atoms. The standard InChI is InChI=1S/C11H16Br2OS/c1-2-3-4-5-6-7-14-9-8-10(12)15-11(9)13/h8H,2-7H2,1H3. The van der Waals surface area contributed by atoms with Crippen LogP contribution in [0.2, 0.25) is 0 Å². The first kappa shape index (κ1) is 13.5. The molecule has 15 heavy (non-hydrogen) atoms. The number of rotatable bonds is 7. The van der Waals surface area contributed by atoms with Gasteiger partial charge < -0.3 is 4.74 Å². The van der Waals surface area contributed by atoms with Crippen molar-refractivity contribution in [2.24, 2.45) is 0 Å². The third kappa shape index (κ3) is 5.36. The molecule has 0 radical (unpaired) electrons. The van der Waals surface area contributed by atoms with Gasteiger partial charge in [-0.2, -0.15) is 0 Å². The normalized spacial score (nSPS) is 10.6.